The molecule has 42 heavy (non-hydrogen) atoms. The number of aromatic nitrogens is 3. The lowest BCUT2D eigenvalue weighted by atomic mass is 9.96. The summed E-state index contributed by atoms with van der Waals surface area (Å²) in [7, 11) is 5.80. The first-order valence-electron chi connectivity index (χ1n) is 14.2. The second kappa shape index (κ2) is 14.8. The number of aliphatic hydroxyl groups is 1. The molecular weight excluding hydrogens is 550 g/mol. The van der Waals surface area contributed by atoms with Crippen LogP contribution in [-0.2, 0) is 27.6 Å². The van der Waals surface area contributed by atoms with Crippen molar-refractivity contribution in [3.05, 3.63) is 59.7 Å². The lowest BCUT2D eigenvalue weighted by molar-refractivity contribution is -0.137. The number of aliphatic hydroxyl groups excluding tert-OH is 1. The number of ether oxygens (including phenoxy) is 2. The number of pyridine rings is 2. The van der Waals surface area contributed by atoms with Crippen molar-refractivity contribution in [3.8, 4) is 11.1 Å². The van der Waals surface area contributed by atoms with Gasteiger partial charge in [0.15, 0.2) is 11.9 Å². The summed E-state index contributed by atoms with van der Waals surface area (Å²) < 4.78 is 13.8. The Morgan fingerprint density at radius 1 is 1.12 bits per heavy atom. The molecule has 0 bridgehead atoms. The first-order chi connectivity index (χ1) is 19.8. The maximum Gasteiger partial charge on any atom is 0.255 e. The number of ketones is 1. The Kier molecular flexibility index (Phi) is 11.7. The van der Waals surface area contributed by atoms with Gasteiger partial charge in [0.2, 0.25) is 0 Å². The molecule has 0 saturated carbocycles. The minimum Gasteiger partial charge on any atom is -0.378 e. The Hall–Kier alpha value is -3.22. The minimum absolute atomic E-state index is 0.140. The molecule has 3 aromatic rings. The zero-order chi connectivity index (χ0) is 31.0. The number of hydrogen-bond donors (Lipinski definition) is 1. The molecule has 0 radical (unpaired) electrons. The predicted molar refractivity (Wildman–Crippen MR) is 168 cm³/mol. The molecule has 3 rings (SSSR count). The van der Waals surface area contributed by atoms with E-state index in [1.54, 1.807) is 38.6 Å². The highest BCUT2D eigenvalue weighted by Gasteiger charge is 2.24. The summed E-state index contributed by atoms with van der Waals surface area (Å²) in [5, 5.41) is 11.4. The van der Waals surface area contributed by atoms with E-state index < -0.39 is 20.1 Å². The van der Waals surface area contributed by atoms with E-state index in [4.69, 9.17) is 14.5 Å². The molecule has 10 nitrogen and oxygen atoms in total. The van der Waals surface area contributed by atoms with Gasteiger partial charge in [-0.15, -0.1) is 0 Å². The van der Waals surface area contributed by atoms with Crippen molar-refractivity contribution >= 4 is 30.8 Å². The number of amides is 1. The quantitative estimate of drug-likeness (QED) is 0.119. The summed E-state index contributed by atoms with van der Waals surface area (Å²) in [4.78, 5) is 38.4. The molecule has 3 heterocycles. The number of likely N-dealkylation sites (N-methyl/N-ethyl adjacent to an activating group) is 2. The summed E-state index contributed by atoms with van der Waals surface area (Å²) in [5.41, 5.74) is 3.63. The smallest absolute Gasteiger partial charge is 0.255 e. The van der Waals surface area contributed by atoms with E-state index in [2.05, 4.69) is 24.6 Å². The van der Waals surface area contributed by atoms with E-state index in [-0.39, 0.29) is 19.1 Å². The van der Waals surface area contributed by atoms with Gasteiger partial charge < -0.3 is 28.9 Å². The normalized spacial score (nSPS) is 12.9. The molecule has 0 fully saturated rings. The van der Waals surface area contributed by atoms with Gasteiger partial charge in [-0.05, 0) is 44.8 Å². The van der Waals surface area contributed by atoms with Gasteiger partial charge in [0.1, 0.15) is 12.4 Å². The molecular formula is C31H45N5O5Si. The van der Waals surface area contributed by atoms with Crippen LogP contribution < -0.4 is 0 Å². The van der Waals surface area contributed by atoms with E-state index in [0.29, 0.717) is 53.0 Å². The molecule has 1 atom stereocenters. The topological polar surface area (TPSA) is 110 Å². The molecule has 0 aliphatic carbocycles. The van der Waals surface area contributed by atoms with Crippen molar-refractivity contribution in [1.82, 2.24) is 24.3 Å². The van der Waals surface area contributed by atoms with Crippen LogP contribution in [0.25, 0.3) is 22.2 Å². The van der Waals surface area contributed by atoms with Crippen LogP contribution >= 0.6 is 0 Å². The molecule has 0 saturated heterocycles. The van der Waals surface area contributed by atoms with Crippen LogP contribution in [-0.4, -0.2) is 97.2 Å². The third-order valence-electron chi connectivity index (χ3n) is 6.74. The highest BCUT2D eigenvalue weighted by molar-refractivity contribution is 6.76. The average molecular weight is 596 g/mol. The molecule has 1 amide bonds. The first-order valence-corrected chi connectivity index (χ1v) is 17.9. The van der Waals surface area contributed by atoms with E-state index >= 15 is 0 Å². The molecule has 0 aliphatic heterocycles. The SMILES string of the molecule is CCOCc1c(-c2cncc(C(O)C(=O)N(C)C)c2)cnc2c1c(C(=O)C=CCN(C)C)cn2COCC[Si](C)(C)C. The molecule has 3 aromatic heterocycles. The van der Waals surface area contributed by atoms with Crippen LogP contribution in [0.4, 0.5) is 0 Å². The number of allylic oxidation sites excluding steroid dienone is 1. The number of nitrogens with zero attached hydrogens (tertiary/aromatic N) is 5. The maximum absolute atomic E-state index is 13.6. The largest absolute Gasteiger partial charge is 0.378 e. The van der Waals surface area contributed by atoms with Crippen LogP contribution in [0.2, 0.25) is 25.7 Å². The van der Waals surface area contributed by atoms with Crippen LogP contribution in [0.15, 0.2) is 43.0 Å². The van der Waals surface area contributed by atoms with E-state index in [1.807, 2.05) is 42.8 Å². The monoisotopic (exact) mass is 595 g/mol. The number of hydrogen-bond acceptors (Lipinski definition) is 8. The molecule has 0 aromatic carbocycles. The third-order valence-corrected chi connectivity index (χ3v) is 8.44. The third kappa shape index (κ3) is 8.65. The van der Waals surface area contributed by atoms with Gasteiger partial charge in [0.25, 0.3) is 5.91 Å². The van der Waals surface area contributed by atoms with Gasteiger partial charge >= 0.3 is 0 Å². The van der Waals surface area contributed by atoms with Crippen molar-refractivity contribution in [1.29, 1.82) is 0 Å². The predicted octanol–water partition coefficient (Wildman–Crippen LogP) is 4.37. The lowest BCUT2D eigenvalue weighted by Crippen LogP contribution is -2.28. The fourth-order valence-electron chi connectivity index (χ4n) is 4.35. The summed E-state index contributed by atoms with van der Waals surface area (Å²) in [6, 6.07) is 2.76. The van der Waals surface area contributed by atoms with Crippen LogP contribution in [0, 0.1) is 0 Å². The summed E-state index contributed by atoms with van der Waals surface area (Å²) in [6.45, 7) is 11.1. The highest BCUT2D eigenvalue weighted by atomic mass is 28.3. The van der Waals surface area contributed by atoms with Crippen molar-refractivity contribution in [2.24, 2.45) is 0 Å². The van der Waals surface area contributed by atoms with Gasteiger partial charge in [-0.2, -0.15) is 0 Å². The average Bonchev–Trinajstić information content (AvgIpc) is 3.31. The van der Waals surface area contributed by atoms with Gasteiger partial charge in [-0.3, -0.25) is 14.6 Å². The fraction of sp³-hybridized carbons (Fsp3) is 0.484. The second-order valence-corrected chi connectivity index (χ2v) is 17.6. The van der Waals surface area contributed by atoms with Crippen LogP contribution in [0.5, 0.6) is 0 Å². The van der Waals surface area contributed by atoms with E-state index in [1.165, 1.54) is 11.1 Å². The zero-order valence-corrected chi connectivity index (χ0v) is 27.2. The summed E-state index contributed by atoms with van der Waals surface area (Å²) >= 11 is 0. The van der Waals surface area contributed by atoms with Crippen LogP contribution in [0.3, 0.4) is 0 Å². The Labute approximate surface area is 250 Å². The Morgan fingerprint density at radius 2 is 1.86 bits per heavy atom. The number of carbonyl (C=O) groups is 2. The van der Waals surface area contributed by atoms with Crippen molar-refractivity contribution in [2.45, 2.75) is 52.1 Å². The molecule has 0 aliphatic rings. The molecule has 228 valence electrons. The van der Waals surface area contributed by atoms with Gasteiger partial charge in [0.05, 0.1) is 6.61 Å². The lowest BCUT2D eigenvalue weighted by Gasteiger charge is -2.17. The maximum atomic E-state index is 13.6. The minimum atomic E-state index is -1.35. The van der Waals surface area contributed by atoms with Crippen molar-refractivity contribution in [2.75, 3.05) is 47.9 Å². The van der Waals surface area contributed by atoms with Crippen LogP contribution in [0.1, 0.15) is 34.5 Å². The van der Waals surface area contributed by atoms with Crippen molar-refractivity contribution in [3.63, 3.8) is 0 Å². The number of rotatable bonds is 15. The van der Waals surface area contributed by atoms with E-state index in [9.17, 15) is 14.7 Å². The van der Waals surface area contributed by atoms with E-state index in [0.717, 1.165) is 11.6 Å². The fourth-order valence-corrected chi connectivity index (χ4v) is 5.11. The first kappa shape index (κ1) is 33.3. The number of fused-ring (bicyclic) bond motifs is 1. The summed E-state index contributed by atoms with van der Waals surface area (Å²) in [6.07, 6.45) is 8.74. The number of carbonyl (C=O) groups excluding carboxylic acids is 2. The Balaban J connectivity index is 2.16. The molecule has 11 heteroatoms. The molecule has 1 unspecified atom stereocenters. The second-order valence-electron chi connectivity index (χ2n) is 12.0. The zero-order valence-electron chi connectivity index (χ0n) is 26.2. The van der Waals surface area contributed by atoms with Gasteiger partial charge in [0, 0.05) is 94.4 Å². The Bertz CT molecular complexity index is 1410. The van der Waals surface area contributed by atoms with Gasteiger partial charge in [-0.1, -0.05) is 25.7 Å². The Morgan fingerprint density at radius 3 is 2.50 bits per heavy atom. The summed E-state index contributed by atoms with van der Waals surface area (Å²) in [5.74, 6) is -0.584. The highest BCUT2D eigenvalue weighted by Crippen LogP contribution is 2.34. The van der Waals surface area contributed by atoms with Crippen molar-refractivity contribution < 1.29 is 24.2 Å². The molecule has 0 spiro atoms. The standard InChI is InChI=1S/C31H45N5O5Si/c1-9-40-20-26-24(22-15-23(17-32-16-22)29(38)31(39)35(4)5)18-33-30-28(26)25(27(37)11-10-12-34(2)3)19-36(30)21-41-13-14-42(6,7)8/h10-11,15-19,29,38H,9,12-14,20-21H2,1-8H3. The van der Waals surface area contributed by atoms with Gasteiger partial charge in [-0.25, -0.2) is 4.98 Å². The molecule has 1 N–H and O–H groups in total.